The zero-order chi connectivity index (χ0) is 33.0. The number of piperidine rings is 2. The summed E-state index contributed by atoms with van der Waals surface area (Å²) in [6.07, 6.45) is 19.6. The van der Waals surface area contributed by atoms with Crippen molar-refractivity contribution in [1.29, 1.82) is 0 Å². The van der Waals surface area contributed by atoms with Crippen molar-refractivity contribution in [3.05, 3.63) is 0 Å². The summed E-state index contributed by atoms with van der Waals surface area (Å²) >= 11 is 0. The van der Waals surface area contributed by atoms with E-state index in [-0.39, 0.29) is 22.2 Å². The average Bonchev–Trinajstić information content (AvgIpc) is 2.89. The van der Waals surface area contributed by atoms with Crippen LogP contribution in [-0.2, 0) is 0 Å². The molecule has 3 rings (SSSR count). The van der Waals surface area contributed by atoms with Gasteiger partial charge in [0.1, 0.15) is 0 Å². The van der Waals surface area contributed by atoms with Gasteiger partial charge in [-0.3, -0.25) is 0 Å². The predicted molar refractivity (Wildman–Crippen MR) is 191 cm³/mol. The lowest BCUT2D eigenvalue weighted by Gasteiger charge is -2.46. The molecule has 0 aliphatic carbocycles. The fraction of sp³-hybridized carbons (Fsp3) is 0.919. The van der Waals surface area contributed by atoms with Gasteiger partial charge in [0.15, 0.2) is 0 Å². The molecule has 2 fully saturated rings. The average molecular weight is 630 g/mol. The summed E-state index contributed by atoms with van der Waals surface area (Å²) in [6, 6.07) is 0.432. The van der Waals surface area contributed by atoms with E-state index < -0.39 is 0 Å². The van der Waals surface area contributed by atoms with Crippen LogP contribution in [0.15, 0.2) is 0 Å². The molecule has 1 aromatic rings. The molecule has 2 aliphatic rings. The molecule has 0 aromatic carbocycles. The Morgan fingerprint density at radius 3 is 1.44 bits per heavy atom. The van der Waals surface area contributed by atoms with Gasteiger partial charge in [-0.2, -0.15) is 15.0 Å². The van der Waals surface area contributed by atoms with E-state index in [1.165, 1.54) is 83.5 Å². The minimum absolute atomic E-state index is 0.214. The minimum atomic E-state index is 0.214. The van der Waals surface area contributed by atoms with Gasteiger partial charge in [0.2, 0.25) is 11.9 Å². The van der Waals surface area contributed by atoms with Crippen LogP contribution >= 0.6 is 0 Å². The number of ether oxygens (including phenoxy) is 1. The van der Waals surface area contributed by atoms with Crippen molar-refractivity contribution in [2.24, 2.45) is 11.8 Å². The van der Waals surface area contributed by atoms with Crippen LogP contribution in [0.3, 0.4) is 0 Å². The Labute approximate surface area is 277 Å². The molecular formula is C37H71N7O. The van der Waals surface area contributed by atoms with Gasteiger partial charge in [0, 0.05) is 35.2 Å². The van der Waals surface area contributed by atoms with Crippen molar-refractivity contribution < 1.29 is 4.74 Å². The number of aromatic nitrogens is 3. The fourth-order valence-electron chi connectivity index (χ4n) is 8.62. The summed E-state index contributed by atoms with van der Waals surface area (Å²) in [5.41, 5.74) is 0.857. The first-order valence-electron chi connectivity index (χ1n) is 18.6. The Morgan fingerprint density at radius 1 is 0.578 bits per heavy atom. The van der Waals surface area contributed by atoms with Gasteiger partial charge in [-0.25, -0.2) is 0 Å². The Kier molecular flexibility index (Phi) is 14.7. The smallest absolute Gasteiger partial charge is 0.323 e. The lowest BCUT2D eigenvalue weighted by Crippen LogP contribution is -2.57. The Balaban J connectivity index is 1.46. The SMILES string of the molecule is CCCCCCCCOc1nc(NCCCCC2CC(C)(C)NC(C)(C)C2)nc(NCCCCC2CC(C)(C)NC(C)(C)C2)n1. The van der Waals surface area contributed by atoms with Crippen LogP contribution in [0.2, 0.25) is 0 Å². The molecule has 0 spiro atoms. The van der Waals surface area contributed by atoms with E-state index in [2.05, 4.69) is 93.5 Å². The van der Waals surface area contributed by atoms with Crippen molar-refractivity contribution in [2.75, 3.05) is 30.3 Å². The van der Waals surface area contributed by atoms with Crippen molar-refractivity contribution in [3.63, 3.8) is 0 Å². The van der Waals surface area contributed by atoms with Gasteiger partial charge in [-0.1, -0.05) is 64.7 Å². The second-order valence-electron chi connectivity index (χ2n) is 17.1. The van der Waals surface area contributed by atoms with Crippen molar-refractivity contribution in [1.82, 2.24) is 25.6 Å². The number of rotatable bonds is 20. The standard InChI is InChI=1S/C37H71N7O/c1-10-11-12-13-14-19-24-45-33-41-31(38-22-17-15-20-29-25-34(2,3)43-35(4,5)26-29)40-32(42-33)39-23-18-16-21-30-27-36(6,7)44-37(8,9)28-30/h29-30,43-44H,10-28H2,1-9H3,(H2,38,39,40,41,42). The molecule has 8 heteroatoms. The number of anilines is 2. The van der Waals surface area contributed by atoms with Crippen LogP contribution in [0, 0.1) is 11.8 Å². The number of unbranched alkanes of at least 4 members (excludes halogenated alkanes) is 7. The number of hydrogen-bond acceptors (Lipinski definition) is 8. The highest BCUT2D eigenvalue weighted by atomic mass is 16.5. The van der Waals surface area contributed by atoms with Gasteiger partial charge in [-0.05, 0) is 112 Å². The van der Waals surface area contributed by atoms with Crippen LogP contribution in [0.1, 0.15) is 165 Å². The molecule has 2 saturated heterocycles. The molecule has 4 N–H and O–H groups in total. The molecule has 8 nitrogen and oxygen atoms in total. The highest BCUT2D eigenvalue weighted by Gasteiger charge is 2.38. The number of nitrogens with one attached hydrogen (secondary N) is 4. The van der Waals surface area contributed by atoms with E-state index in [4.69, 9.17) is 9.72 Å². The third-order valence-corrected chi connectivity index (χ3v) is 9.54. The van der Waals surface area contributed by atoms with Crippen molar-refractivity contribution in [2.45, 2.75) is 187 Å². The minimum Gasteiger partial charge on any atom is -0.463 e. The summed E-state index contributed by atoms with van der Waals surface area (Å²) in [4.78, 5) is 14.0. The third kappa shape index (κ3) is 15.2. The van der Waals surface area contributed by atoms with Gasteiger partial charge in [0.05, 0.1) is 6.61 Å². The quantitative estimate of drug-likeness (QED) is 0.106. The number of nitrogens with zero attached hydrogens (tertiary/aromatic N) is 3. The zero-order valence-corrected chi connectivity index (χ0v) is 30.8. The van der Waals surface area contributed by atoms with E-state index in [1.54, 1.807) is 0 Å². The maximum Gasteiger partial charge on any atom is 0.323 e. The summed E-state index contributed by atoms with van der Waals surface area (Å²) in [6.45, 7) is 23.4. The molecule has 3 heterocycles. The van der Waals surface area contributed by atoms with E-state index in [1.807, 2.05) is 0 Å². The van der Waals surface area contributed by atoms with E-state index in [0.717, 1.165) is 44.2 Å². The Hall–Kier alpha value is -1.67. The molecule has 2 aliphatic heterocycles. The fourth-order valence-corrected chi connectivity index (χ4v) is 8.62. The molecule has 1 aromatic heterocycles. The topological polar surface area (TPSA) is 96.0 Å². The van der Waals surface area contributed by atoms with Crippen LogP contribution in [0.4, 0.5) is 11.9 Å². The zero-order valence-electron chi connectivity index (χ0n) is 30.8. The molecule has 0 bridgehead atoms. The Bertz CT molecular complexity index is 895. The monoisotopic (exact) mass is 630 g/mol. The number of hydrogen-bond donors (Lipinski definition) is 4. The normalized spacial score (nSPS) is 21.0. The highest BCUT2D eigenvalue weighted by Crippen LogP contribution is 2.36. The molecule has 0 unspecified atom stereocenters. The molecular weight excluding hydrogens is 558 g/mol. The molecule has 0 radical (unpaired) electrons. The van der Waals surface area contributed by atoms with Gasteiger partial charge >= 0.3 is 6.01 Å². The summed E-state index contributed by atoms with van der Waals surface area (Å²) < 4.78 is 6.03. The molecule has 0 atom stereocenters. The van der Waals surface area contributed by atoms with Gasteiger partial charge in [-0.15, -0.1) is 0 Å². The van der Waals surface area contributed by atoms with Crippen molar-refractivity contribution in [3.8, 4) is 6.01 Å². The summed E-state index contributed by atoms with van der Waals surface area (Å²) in [7, 11) is 0. The maximum atomic E-state index is 6.03. The van der Waals surface area contributed by atoms with Gasteiger partial charge < -0.3 is 26.0 Å². The third-order valence-electron chi connectivity index (χ3n) is 9.54. The predicted octanol–water partition coefficient (Wildman–Crippen LogP) is 8.89. The molecule has 45 heavy (non-hydrogen) atoms. The first-order chi connectivity index (χ1) is 21.2. The van der Waals surface area contributed by atoms with Crippen LogP contribution in [-0.4, -0.2) is 56.8 Å². The van der Waals surface area contributed by atoms with Crippen LogP contribution in [0.5, 0.6) is 6.01 Å². The lowest BCUT2D eigenvalue weighted by atomic mass is 9.74. The van der Waals surface area contributed by atoms with Gasteiger partial charge in [0.25, 0.3) is 0 Å². The summed E-state index contributed by atoms with van der Waals surface area (Å²) in [5.74, 6) is 2.79. The second-order valence-corrected chi connectivity index (χ2v) is 17.1. The van der Waals surface area contributed by atoms with E-state index in [0.29, 0.717) is 24.5 Å². The van der Waals surface area contributed by atoms with E-state index in [9.17, 15) is 0 Å². The molecule has 0 saturated carbocycles. The first kappa shape index (κ1) is 37.8. The van der Waals surface area contributed by atoms with Crippen LogP contribution in [0.25, 0.3) is 0 Å². The molecule has 260 valence electrons. The lowest BCUT2D eigenvalue weighted by molar-refractivity contribution is 0.121. The highest BCUT2D eigenvalue weighted by molar-refractivity contribution is 5.35. The van der Waals surface area contributed by atoms with E-state index >= 15 is 0 Å². The molecule has 0 amide bonds. The summed E-state index contributed by atoms with van der Waals surface area (Å²) in [5, 5.41) is 14.6. The largest absolute Gasteiger partial charge is 0.463 e. The van der Waals surface area contributed by atoms with Crippen molar-refractivity contribution >= 4 is 11.9 Å². The van der Waals surface area contributed by atoms with Crippen LogP contribution < -0.4 is 26.0 Å². The first-order valence-corrected chi connectivity index (χ1v) is 18.6. The maximum absolute atomic E-state index is 6.03. The second kappa shape index (κ2) is 17.5. The Morgan fingerprint density at radius 2 is 1.00 bits per heavy atom.